The van der Waals surface area contributed by atoms with Crippen molar-refractivity contribution in [1.29, 1.82) is 0 Å². The number of fused-ring (bicyclic) bond motifs is 1. The van der Waals surface area contributed by atoms with Crippen LogP contribution in [0, 0.1) is 0 Å². The number of hydrogen-bond acceptors (Lipinski definition) is 3. The van der Waals surface area contributed by atoms with E-state index in [0.717, 1.165) is 24.0 Å². The molecule has 0 bridgehead atoms. The fourth-order valence-electron chi connectivity index (χ4n) is 3.81. The van der Waals surface area contributed by atoms with Crippen molar-refractivity contribution in [2.75, 3.05) is 0 Å². The van der Waals surface area contributed by atoms with Gasteiger partial charge in [0, 0.05) is 5.56 Å². The Hall–Kier alpha value is -2.18. The van der Waals surface area contributed by atoms with Crippen molar-refractivity contribution < 1.29 is 13.0 Å². The lowest BCUT2D eigenvalue weighted by molar-refractivity contribution is 0.476. The largest absolute Gasteiger partial charge is 0.328 e. The Morgan fingerprint density at radius 2 is 1.55 bits per heavy atom. The molecule has 0 fully saturated rings. The highest BCUT2D eigenvalue weighted by Gasteiger charge is 2.19. The lowest BCUT2D eigenvalue weighted by Crippen LogP contribution is -1.99. The fraction of sp³-hybridized carbons (Fsp3) is 0.435. The van der Waals surface area contributed by atoms with Gasteiger partial charge < -0.3 is 4.98 Å². The number of aromatic amines is 1. The second-order valence-electron chi connectivity index (χ2n) is 7.60. The van der Waals surface area contributed by atoms with Gasteiger partial charge in [0.25, 0.3) is 5.16 Å². The molecule has 0 spiro atoms. The topological polar surface area (TPSA) is 83.1 Å². The van der Waals surface area contributed by atoms with Gasteiger partial charge in [-0.25, -0.2) is 4.98 Å². The van der Waals surface area contributed by atoms with Crippen molar-refractivity contribution in [3.8, 4) is 11.1 Å². The Labute approximate surface area is 173 Å². The van der Waals surface area contributed by atoms with E-state index in [-0.39, 0.29) is 0 Å². The average molecular weight is 415 g/mol. The number of nitrogens with zero attached hydrogens (tertiary/aromatic N) is 1. The van der Waals surface area contributed by atoms with E-state index in [0.29, 0.717) is 11.0 Å². The molecule has 0 aliphatic rings. The first-order valence-electron chi connectivity index (χ1n) is 10.5. The normalized spacial score (nSPS) is 11.9. The Balaban J connectivity index is 1.80. The Morgan fingerprint density at radius 1 is 0.897 bits per heavy atom. The van der Waals surface area contributed by atoms with Gasteiger partial charge in [-0.15, -0.1) is 0 Å². The monoisotopic (exact) mass is 414 g/mol. The second kappa shape index (κ2) is 10.0. The molecule has 2 N–H and O–H groups in total. The van der Waals surface area contributed by atoms with Crippen LogP contribution in [0.25, 0.3) is 22.2 Å². The van der Waals surface area contributed by atoms with Crippen LogP contribution in [0.1, 0.15) is 63.9 Å². The van der Waals surface area contributed by atoms with Crippen LogP contribution in [0.3, 0.4) is 0 Å². The standard InChI is InChI=1S/C23H30N2O3S/c1-2-3-4-5-6-7-8-10-15-19-16-17-20-22(25-23(24-20)29(26,27)28)21(19)18-13-11-9-12-14-18/h9,11-14,16-17H,2-8,10,15H2,1H3,(H,24,25)(H,26,27,28). The molecule has 0 saturated carbocycles. The number of benzene rings is 2. The molecule has 3 rings (SSSR count). The number of H-pyrrole nitrogens is 1. The van der Waals surface area contributed by atoms with Crippen LogP contribution in [-0.4, -0.2) is 22.9 Å². The average Bonchev–Trinajstić information content (AvgIpc) is 3.15. The summed E-state index contributed by atoms with van der Waals surface area (Å²) in [6.07, 6.45) is 11.0. The van der Waals surface area contributed by atoms with Gasteiger partial charge in [0.05, 0.1) is 11.0 Å². The predicted molar refractivity (Wildman–Crippen MR) is 118 cm³/mol. The van der Waals surface area contributed by atoms with Crippen LogP contribution in [0.5, 0.6) is 0 Å². The number of imidazole rings is 1. The van der Waals surface area contributed by atoms with E-state index in [1.54, 1.807) is 0 Å². The lowest BCUT2D eigenvalue weighted by Gasteiger charge is -2.11. The smallest absolute Gasteiger partial charge is 0.326 e. The van der Waals surface area contributed by atoms with Crippen molar-refractivity contribution in [2.24, 2.45) is 0 Å². The highest BCUT2D eigenvalue weighted by atomic mass is 32.2. The summed E-state index contributed by atoms with van der Waals surface area (Å²) < 4.78 is 32.4. The summed E-state index contributed by atoms with van der Waals surface area (Å²) in [7, 11) is -4.38. The van der Waals surface area contributed by atoms with Gasteiger partial charge in [-0.2, -0.15) is 8.42 Å². The van der Waals surface area contributed by atoms with Crippen LogP contribution in [0.15, 0.2) is 47.6 Å². The zero-order valence-corrected chi connectivity index (χ0v) is 17.8. The summed E-state index contributed by atoms with van der Waals surface area (Å²) in [5.41, 5.74) is 4.34. The summed E-state index contributed by atoms with van der Waals surface area (Å²) >= 11 is 0. The number of aromatic nitrogens is 2. The summed E-state index contributed by atoms with van der Waals surface area (Å²) in [4.78, 5) is 6.89. The quantitative estimate of drug-likeness (QED) is 0.291. The van der Waals surface area contributed by atoms with Crippen LogP contribution < -0.4 is 0 Å². The minimum absolute atomic E-state index is 0.408. The maximum atomic E-state index is 11.5. The third kappa shape index (κ3) is 5.67. The number of hydrogen-bond donors (Lipinski definition) is 2. The first-order chi connectivity index (χ1) is 14.0. The van der Waals surface area contributed by atoms with Crippen LogP contribution in [-0.2, 0) is 16.5 Å². The Kier molecular flexibility index (Phi) is 7.45. The summed E-state index contributed by atoms with van der Waals surface area (Å²) in [5.74, 6) is 0. The number of unbranched alkanes of at least 4 members (excludes halogenated alkanes) is 7. The van der Waals surface area contributed by atoms with E-state index in [1.807, 2.05) is 42.5 Å². The minimum Gasteiger partial charge on any atom is -0.326 e. The van der Waals surface area contributed by atoms with Crippen molar-refractivity contribution in [3.63, 3.8) is 0 Å². The molecule has 1 heterocycles. The molecule has 5 nitrogen and oxygen atoms in total. The lowest BCUT2D eigenvalue weighted by atomic mass is 9.94. The third-order valence-corrected chi connectivity index (χ3v) is 6.01. The highest BCUT2D eigenvalue weighted by molar-refractivity contribution is 7.85. The molecule has 156 valence electrons. The first kappa shape index (κ1) is 21.5. The van der Waals surface area contributed by atoms with Gasteiger partial charge >= 0.3 is 10.1 Å². The van der Waals surface area contributed by atoms with Crippen molar-refractivity contribution in [2.45, 2.75) is 69.9 Å². The Morgan fingerprint density at radius 3 is 2.21 bits per heavy atom. The first-order valence-corrected chi connectivity index (χ1v) is 12.0. The van der Waals surface area contributed by atoms with Crippen molar-refractivity contribution in [1.82, 2.24) is 9.97 Å². The molecular formula is C23H30N2O3S. The van der Waals surface area contributed by atoms with E-state index < -0.39 is 15.3 Å². The molecule has 0 aliphatic heterocycles. The molecule has 6 heteroatoms. The molecular weight excluding hydrogens is 384 g/mol. The molecule has 0 unspecified atom stereocenters. The third-order valence-electron chi connectivity index (χ3n) is 5.33. The van der Waals surface area contributed by atoms with E-state index in [4.69, 9.17) is 0 Å². The summed E-state index contributed by atoms with van der Waals surface area (Å²) in [6, 6.07) is 13.8. The maximum absolute atomic E-state index is 11.5. The molecule has 0 radical (unpaired) electrons. The highest BCUT2D eigenvalue weighted by Crippen LogP contribution is 2.32. The second-order valence-corrected chi connectivity index (χ2v) is 8.94. The zero-order valence-electron chi connectivity index (χ0n) is 17.0. The molecule has 0 saturated heterocycles. The van der Waals surface area contributed by atoms with E-state index in [1.165, 1.54) is 50.5 Å². The molecule has 3 aromatic rings. The number of nitrogens with one attached hydrogen (secondary N) is 1. The summed E-state index contributed by atoms with van der Waals surface area (Å²) in [6.45, 7) is 2.24. The van der Waals surface area contributed by atoms with Crippen LogP contribution in [0.2, 0.25) is 0 Å². The van der Waals surface area contributed by atoms with Gasteiger partial charge in [0.1, 0.15) is 0 Å². The van der Waals surface area contributed by atoms with E-state index >= 15 is 0 Å². The van der Waals surface area contributed by atoms with Gasteiger partial charge in [-0.1, -0.05) is 88.3 Å². The number of rotatable bonds is 11. The van der Waals surface area contributed by atoms with Gasteiger partial charge in [0.15, 0.2) is 0 Å². The fourth-order valence-corrected chi connectivity index (χ4v) is 4.26. The molecule has 0 aliphatic carbocycles. The van der Waals surface area contributed by atoms with Crippen LogP contribution >= 0.6 is 0 Å². The van der Waals surface area contributed by atoms with Gasteiger partial charge in [-0.05, 0) is 30.0 Å². The van der Waals surface area contributed by atoms with Gasteiger partial charge in [0.2, 0.25) is 0 Å². The van der Waals surface area contributed by atoms with Gasteiger partial charge in [-0.3, -0.25) is 4.55 Å². The van der Waals surface area contributed by atoms with Crippen LogP contribution in [0.4, 0.5) is 0 Å². The molecule has 0 amide bonds. The zero-order chi connectivity index (χ0) is 20.7. The predicted octanol–water partition coefficient (Wildman–Crippen LogP) is 6.16. The maximum Gasteiger partial charge on any atom is 0.328 e. The van der Waals surface area contributed by atoms with Crippen molar-refractivity contribution in [3.05, 3.63) is 48.0 Å². The Bertz CT molecular complexity index is 1030. The summed E-state index contributed by atoms with van der Waals surface area (Å²) in [5, 5.41) is -0.408. The SMILES string of the molecule is CCCCCCCCCCc1ccc2nc(S(=O)(=O)O)[nH]c2c1-c1ccccc1. The van der Waals surface area contributed by atoms with E-state index in [9.17, 15) is 13.0 Å². The molecule has 2 aromatic carbocycles. The minimum atomic E-state index is -4.38. The molecule has 0 atom stereocenters. The molecule has 29 heavy (non-hydrogen) atoms. The van der Waals surface area contributed by atoms with E-state index in [2.05, 4.69) is 16.9 Å². The van der Waals surface area contributed by atoms with Crippen molar-refractivity contribution >= 4 is 21.2 Å². The number of aryl methyl sites for hydroxylation is 1. The molecule has 1 aromatic heterocycles.